The van der Waals surface area contributed by atoms with Crippen molar-refractivity contribution in [3.63, 3.8) is 0 Å². The van der Waals surface area contributed by atoms with Gasteiger partial charge in [-0.25, -0.2) is 0 Å². The molecule has 0 bridgehead atoms. The summed E-state index contributed by atoms with van der Waals surface area (Å²) in [4.78, 5) is 10.6. The van der Waals surface area contributed by atoms with Crippen LogP contribution in [0.4, 0.5) is 0 Å². The highest BCUT2D eigenvalue weighted by Gasteiger charge is 2.27. The van der Waals surface area contributed by atoms with E-state index in [4.69, 9.17) is 9.47 Å². The lowest BCUT2D eigenvalue weighted by atomic mass is 10.0. The van der Waals surface area contributed by atoms with E-state index in [1.807, 2.05) is 24.3 Å². The fraction of sp³-hybridized carbons (Fsp3) is 0.214. The fourth-order valence-corrected chi connectivity index (χ4v) is 2.19. The van der Waals surface area contributed by atoms with Crippen LogP contribution in [0.25, 0.3) is 10.8 Å². The van der Waals surface area contributed by atoms with Gasteiger partial charge in [0.25, 0.3) is 0 Å². The number of carbonyl (C=O) groups is 1. The number of ether oxygens (including phenoxy) is 2. The molecule has 2 aromatic carbocycles. The highest BCUT2D eigenvalue weighted by molar-refractivity contribution is 5.86. The Balaban J connectivity index is 2.03. The Kier molecular flexibility index (Phi) is 2.63. The molecule has 17 heavy (non-hydrogen) atoms. The Morgan fingerprint density at radius 2 is 1.94 bits per heavy atom. The topological polar surface area (TPSA) is 35.5 Å². The van der Waals surface area contributed by atoms with Gasteiger partial charge in [0, 0.05) is 0 Å². The molecular weight excluding hydrogens is 216 g/mol. The van der Waals surface area contributed by atoms with Gasteiger partial charge in [-0.05, 0) is 16.3 Å². The molecule has 1 aliphatic heterocycles. The molecule has 3 heteroatoms. The zero-order chi connectivity index (χ0) is 11.7. The van der Waals surface area contributed by atoms with Crippen LogP contribution in [0.3, 0.4) is 0 Å². The van der Waals surface area contributed by atoms with Gasteiger partial charge in [-0.2, -0.15) is 0 Å². The lowest BCUT2D eigenvalue weighted by Crippen LogP contribution is -2.08. The van der Waals surface area contributed by atoms with Crippen molar-refractivity contribution in [2.45, 2.75) is 12.4 Å². The highest BCUT2D eigenvalue weighted by Crippen LogP contribution is 2.31. The summed E-state index contributed by atoms with van der Waals surface area (Å²) in [6, 6.07) is 14.2. The number of carbonyl (C=O) groups excluding carboxylic acids is 1. The number of benzene rings is 2. The second-order valence-electron chi connectivity index (χ2n) is 4.03. The SMILES string of the molecule is O=CC1OCC(c2cccc3ccccc23)O1. The van der Waals surface area contributed by atoms with Crippen LogP contribution >= 0.6 is 0 Å². The van der Waals surface area contributed by atoms with E-state index < -0.39 is 6.29 Å². The van der Waals surface area contributed by atoms with Crippen LogP contribution in [0.1, 0.15) is 11.7 Å². The van der Waals surface area contributed by atoms with Gasteiger partial charge in [0.05, 0.1) is 6.61 Å². The molecule has 2 unspecified atom stereocenters. The number of hydrogen-bond acceptors (Lipinski definition) is 3. The predicted molar refractivity (Wildman–Crippen MR) is 63.6 cm³/mol. The minimum absolute atomic E-state index is 0.156. The molecular formula is C14H12O3. The summed E-state index contributed by atoms with van der Waals surface area (Å²) in [7, 11) is 0. The summed E-state index contributed by atoms with van der Waals surface area (Å²) in [5, 5.41) is 2.32. The third-order valence-corrected chi connectivity index (χ3v) is 2.99. The van der Waals surface area contributed by atoms with E-state index in [-0.39, 0.29) is 6.10 Å². The third kappa shape index (κ3) is 1.84. The first kappa shape index (κ1) is 10.4. The van der Waals surface area contributed by atoms with Crippen molar-refractivity contribution in [1.82, 2.24) is 0 Å². The Bertz CT molecular complexity index is 545. The molecule has 0 radical (unpaired) electrons. The summed E-state index contributed by atoms with van der Waals surface area (Å²) >= 11 is 0. The summed E-state index contributed by atoms with van der Waals surface area (Å²) in [6.45, 7) is 0.428. The van der Waals surface area contributed by atoms with Gasteiger partial charge in [-0.1, -0.05) is 42.5 Å². The maximum atomic E-state index is 10.6. The quantitative estimate of drug-likeness (QED) is 0.741. The molecule has 86 valence electrons. The minimum atomic E-state index is -0.723. The lowest BCUT2D eigenvalue weighted by molar-refractivity contribution is -0.133. The summed E-state index contributed by atoms with van der Waals surface area (Å²) in [5.74, 6) is 0. The van der Waals surface area contributed by atoms with Crippen molar-refractivity contribution in [3.05, 3.63) is 48.0 Å². The number of fused-ring (bicyclic) bond motifs is 1. The number of rotatable bonds is 2. The summed E-state index contributed by atoms with van der Waals surface area (Å²) in [5.41, 5.74) is 1.08. The molecule has 1 heterocycles. The van der Waals surface area contributed by atoms with Gasteiger partial charge >= 0.3 is 0 Å². The molecule has 2 atom stereocenters. The van der Waals surface area contributed by atoms with Crippen molar-refractivity contribution < 1.29 is 14.3 Å². The Morgan fingerprint density at radius 1 is 1.12 bits per heavy atom. The molecule has 2 aromatic rings. The van der Waals surface area contributed by atoms with Crippen molar-refractivity contribution in [2.75, 3.05) is 6.61 Å². The summed E-state index contributed by atoms with van der Waals surface area (Å²) in [6.07, 6.45) is -0.194. The second kappa shape index (κ2) is 4.28. The first-order valence-electron chi connectivity index (χ1n) is 5.58. The summed E-state index contributed by atoms with van der Waals surface area (Å²) < 4.78 is 10.7. The van der Waals surface area contributed by atoms with Crippen molar-refractivity contribution in [2.24, 2.45) is 0 Å². The molecule has 0 spiro atoms. The number of aldehydes is 1. The number of hydrogen-bond donors (Lipinski definition) is 0. The molecule has 1 aliphatic rings. The van der Waals surface area contributed by atoms with Gasteiger partial charge in [-0.3, -0.25) is 4.79 Å². The average Bonchev–Trinajstić information content (AvgIpc) is 2.87. The van der Waals surface area contributed by atoms with Crippen LogP contribution in [0.2, 0.25) is 0 Å². The van der Waals surface area contributed by atoms with Crippen LogP contribution in [0, 0.1) is 0 Å². The van der Waals surface area contributed by atoms with Crippen LogP contribution in [0.5, 0.6) is 0 Å². The van der Waals surface area contributed by atoms with E-state index in [2.05, 4.69) is 18.2 Å². The van der Waals surface area contributed by atoms with Crippen LogP contribution in [-0.4, -0.2) is 19.2 Å². The van der Waals surface area contributed by atoms with Crippen LogP contribution < -0.4 is 0 Å². The monoisotopic (exact) mass is 228 g/mol. The zero-order valence-corrected chi connectivity index (χ0v) is 9.21. The van der Waals surface area contributed by atoms with Crippen LogP contribution in [-0.2, 0) is 14.3 Å². The van der Waals surface area contributed by atoms with Crippen LogP contribution in [0.15, 0.2) is 42.5 Å². The molecule has 0 saturated carbocycles. The van der Waals surface area contributed by atoms with E-state index in [0.29, 0.717) is 12.9 Å². The van der Waals surface area contributed by atoms with Crippen molar-refractivity contribution >= 4 is 17.1 Å². The van der Waals surface area contributed by atoms with Gasteiger partial charge in [0.2, 0.25) is 6.29 Å². The largest absolute Gasteiger partial charge is 0.343 e. The molecule has 0 amide bonds. The van der Waals surface area contributed by atoms with Gasteiger partial charge < -0.3 is 9.47 Å². The normalized spacial score (nSPS) is 24.0. The smallest absolute Gasteiger partial charge is 0.215 e. The molecule has 0 N–H and O–H groups in total. The predicted octanol–water partition coefficient (Wildman–Crippen LogP) is 2.45. The lowest BCUT2D eigenvalue weighted by Gasteiger charge is -2.11. The van der Waals surface area contributed by atoms with E-state index >= 15 is 0 Å². The molecule has 1 saturated heterocycles. The third-order valence-electron chi connectivity index (χ3n) is 2.99. The maximum Gasteiger partial charge on any atom is 0.215 e. The maximum absolute atomic E-state index is 10.6. The minimum Gasteiger partial charge on any atom is -0.343 e. The van der Waals surface area contributed by atoms with Crippen molar-refractivity contribution in [3.8, 4) is 0 Å². The first-order valence-corrected chi connectivity index (χ1v) is 5.58. The second-order valence-corrected chi connectivity index (χ2v) is 4.03. The van der Waals surface area contributed by atoms with E-state index in [9.17, 15) is 4.79 Å². The van der Waals surface area contributed by atoms with Gasteiger partial charge in [0.1, 0.15) is 6.10 Å². The Hall–Kier alpha value is -1.71. The van der Waals surface area contributed by atoms with Crippen molar-refractivity contribution in [1.29, 1.82) is 0 Å². The zero-order valence-electron chi connectivity index (χ0n) is 9.21. The van der Waals surface area contributed by atoms with E-state index in [1.54, 1.807) is 0 Å². The Morgan fingerprint density at radius 3 is 2.76 bits per heavy atom. The standard InChI is InChI=1S/C14H12O3/c15-8-14-16-9-13(17-14)12-7-3-5-10-4-1-2-6-11(10)12/h1-8,13-14H,9H2. The molecule has 1 fully saturated rings. The van der Waals surface area contributed by atoms with E-state index in [1.165, 1.54) is 5.39 Å². The highest BCUT2D eigenvalue weighted by atomic mass is 16.7. The van der Waals surface area contributed by atoms with Gasteiger partial charge in [0.15, 0.2) is 6.29 Å². The average molecular weight is 228 g/mol. The van der Waals surface area contributed by atoms with Gasteiger partial charge in [-0.15, -0.1) is 0 Å². The Labute approximate surface area is 99.0 Å². The molecule has 3 rings (SSSR count). The molecule has 3 nitrogen and oxygen atoms in total. The molecule has 0 aliphatic carbocycles. The first-order chi connectivity index (χ1) is 8.38. The molecule has 0 aromatic heterocycles. The van der Waals surface area contributed by atoms with E-state index in [0.717, 1.165) is 10.9 Å². The fourth-order valence-electron chi connectivity index (χ4n) is 2.19.